The first-order valence-corrected chi connectivity index (χ1v) is 8.02. The Labute approximate surface area is 129 Å². The van der Waals surface area contributed by atoms with E-state index in [4.69, 9.17) is 16.3 Å². The van der Waals surface area contributed by atoms with E-state index in [2.05, 4.69) is 0 Å². The third kappa shape index (κ3) is 2.50. The maximum atomic E-state index is 10.9. The van der Waals surface area contributed by atoms with Crippen molar-refractivity contribution in [1.82, 2.24) is 0 Å². The molecule has 0 aromatic heterocycles. The molecule has 1 spiro atoms. The summed E-state index contributed by atoms with van der Waals surface area (Å²) in [7, 11) is 0. The number of hydrogen-bond donors (Lipinski definition) is 0. The number of aryl methyl sites for hydroxylation is 1. The highest BCUT2D eigenvalue weighted by atomic mass is 35.5. The van der Waals surface area contributed by atoms with E-state index in [0.29, 0.717) is 5.56 Å². The maximum Gasteiger partial charge on any atom is 0.272 e. The van der Waals surface area contributed by atoms with Crippen LogP contribution < -0.4 is 4.74 Å². The second-order valence-corrected chi connectivity index (χ2v) is 6.84. The Kier molecular flexibility index (Phi) is 3.82. The molecule has 1 aromatic rings. The molecule has 0 amide bonds. The minimum absolute atomic E-state index is 0.121. The van der Waals surface area contributed by atoms with E-state index < -0.39 is 0 Å². The Bertz CT molecular complexity index is 554. The Morgan fingerprint density at radius 3 is 2.62 bits per heavy atom. The van der Waals surface area contributed by atoms with Gasteiger partial charge in [0.25, 0.3) is 5.69 Å². The minimum atomic E-state index is -0.361. The predicted molar refractivity (Wildman–Crippen MR) is 82.0 cm³/mol. The SMILES string of the molecule is Cc1cc(OC2CC(Cl)C23CCCCC3)ccc1[N+](=O)[O-]. The third-order valence-corrected chi connectivity index (χ3v) is 5.73. The molecule has 0 bridgehead atoms. The van der Waals surface area contributed by atoms with E-state index in [1.54, 1.807) is 19.1 Å². The van der Waals surface area contributed by atoms with Crippen LogP contribution in [0.3, 0.4) is 0 Å². The molecular formula is C16H20ClNO3. The Morgan fingerprint density at radius 2 is 2.05 bits per heavy atom. The number of rotatable bonds is 3. The van der Waals surface area contributed by atoms with Gasteiger partial charge in [0, 0.05) is 28.8 Å². The molecular weight excluding hydrogens is 290 g/mol. The number of nitro benzene ring substituents is 1. The first-order valence-electron chi connectivity index (χ1n) is 7.59. The fourth-order valence-electron chi connectivity index (χ4n) is 3.78. The highest BCUT2D eigenvalue weighted by molar-refractivity contribution is 6.21. The summed E-state index contributed by atoms with van der Waals surface area (Å²) in [5.74, 6) is 0.719. The maximum absolute atomic E-state index is 10.9. The smallest absolute Gasteiger partial charge is 0.272 e. The van der Waals surface area contributed by atoms with Crippen LogP contribution in [-0.4, -0.2) is 16.4 Å². The second kappa shape index (κ2) is 5.48. The number of nitro groups is 1. The molecule has 2 unspecified atom stereocenters. The lowest BCUT2D eigenvalue weighted by molar-refractivity contribution is -0.385. The van der Waals surface area contributed by atoms with Crippen LogP contribution in [-0.2, 0) is 0 Å². The molecule has 4 nitrogen and oxygen atoms in total. The lowest BCUT2D eigenvalue weighted by Crippen LogP contribution is -2.58. The molecule has 2 fully saturated rings. The standard InChI is InChI=1S/C16H20ClNO3/c1-11-9-12(5-6-13(11)18(19)20)21-15-10-14(17)16(15)7-3-2-4-8-16/h5-6,9,14-15H,2-4,7-8,10H2,1H3. The van der Waals surface area contributed by atoms with Gasteiger partial charge >= 0.3 is 0 Å². The summed E-state index contributed by atoms with van der Waals surface area (Å²) >= 11 is 6.47. The van der Waals surface area contributed by atoms with Crippen LogP contribution in [0.2, 0.25) is 0 Å². The largest absolute Gasteiger partial charge is 0.490 e. The molecule has 0 N–H and O–H groups in total. The summed E-state index contributed by atoms with van der Waals surface area (Å²) in [4.78, 5) is 10.5. The highest BCUT2D eigenvalue weighted by Crippen LogP contribution is 2.55. The van der Waals surface area contributed by atoms with Gasteiger partial charge in [-0.15, -0.1) is 11.6 Å². The zero-order valence-corrected chi connectivity index (χ0v) is 12.9. The van der Waals surface area contributed by atoms with E-state index in [-0.39, 0.29) is 27.5 Å². The molecule has 2 saturated carbocycles. The van der Waals surface area contributed by atoms with Crippen molar-refractivity contribution in [1.29, 1.82) is 0 Å². The van der Waals surface area contributed by atoms with Gasteiger partial charge in [-0.3, -0.25) is 10.1 Å². The summed E-state index contributed by atoms with van der Waals surface area (Å²) in [5.41, 5.74) is 0.894. The highest BCUT2D eigenvalue weighted by Gasteiger charge is 2.55. The quantitative estimate of drug-likeness (QED) is 0.465. The van der Waals surface area contributed by atoms with E-state index >= 15 is 0 Å². The third-order valence-electron chi connectivity index (χ3n) is 5.11. The van der Waals surface area contributed by atoms with E-state index in [1.165, 1.54) is 25.3 Å². The summed E-state index contributed by atoms with van der Waals surface area (Å²) in [5, 5.41) is 11.1. The monoisotopic (exact) mass is 309 g/mol. The molecule has 0 aliphatic heterocycles. The Balaban J connectivity index is 1.75. The van der Waals surface area contributed by atoms with Crippen molar-refractivity contribution in [2.45, 2.75) is 56.9 Å². The Hall–Kier alpha value is -1.29. The first kappa shape index (κ1) is 14.6. The number of benzene rings is 1. The van der Waals surface area contributed by atoms with Crippen molar-refractivity contribution < 1.29 is 9.66 Å². The fourth-order valence-corrected chi connectivity index (χ4v) is 4.30. The van der Waals surface area contributed by atoms with Crippen molar-refractivity contribution in [3.05, 3.63) is 33.9 Å². The number of alkyl halides is 1. The zero-order valence-electron chi connectivity index (χ0n) is 12.2. The van der Waals surface area contributed by atoms with Gasteiger partial charge in [0.1, 0.15) is 11.9 Å². The van der Waals surface area contributed by atoms with Crippen molar-refractivity contribution in [2.75, 3.05) is 0 Å². The zero-order chi connectivity index (χ0) is 15.0. The molecule has 5 heteroatoms. The van der Waals surface area contributed by atoms with Gasteiger partial charge < -0.3 is 4.74 Å². The molecule has 2 atom stereocenters. The average Bonchev–Trinajstić information content (AvgIpc) is 2.47. The second-order valence-electron chi connectivity index (χ2n) is 6.31. The van der Waals surface area contributed by atoms with Crippen LogP contribution in [0.4, 0.5) is 5.69 Å². The molecule has 0 heterocycles. The van der Waals surface area contributed by atoms with Gasteiger partial charge in [-0.05, 0) is 31.9 Å². The molecule has 3 rings (SSSR count). The summed E-state index contributed by atoms with van der Waals surface area (Å²) in [6, 6.07) is 4.98. The summed E-state index contributed by atoms with van der Waals surface area (Å²) in [6.45, 7) is 1.74. The van der Waals surface area contributed by atoms with Crippen LogP contribution in [0.5, 0.6) is 5.75 Å². The molecule has 2 aliphatic carbocycles. The van der Waals surface area contributed by atoms with Crippen molar-refractivity contribution >= 4 is 17.3 Å². The summed E-state index contributed by atoms with van der Waals surface area (Å²) in [6.07, 6.45) is 7.04. The predicted octanol–water partition coefficient (Wildman–Crippen LogP) is 4.61. The van der Waals surface area contributed by atoms with Crippen molar-refractivity contribution in [3.63, 3.8) is 0 Å². The van der Waals surface area contributed by atoms with Crippen molar-refractivity contribution in [2.24, 2.45) is 5.41 Å². The lowest BCUT2D eigenvalue weighted by atomic mass is 9.58. The minimum Gasteiger partial charge on any atom is -0.490 e. The van der Waals surface area contributed by atoms with Gasteiger partial charge in [0.15, 0.2) is 0 Å². The average molecular weight is 310 g/mol. The Morgan fingerprint density at radius 1 is 1.33 bits per heavy atom. The van der Waals surface area contributed by atoms with Gasteiger partial charge in [0.2, 0.25) is 0 Å². The topological polar surface area (TPSA) is 52.4 Å². The number of ether oxygens (including phenoxy) is 1. The van der Waals surface area contributed by atoms with Crippen molar-refractivity contribution in [3.8, 4) is 5.75 Å². The number of halogens is 1. The summed E-state index contributed by atoms with van der Waals surface area (Å²) < 4.78 is 6.12. The first-order chi connectivity index (χ1) is 10.0. The van der Waals surface area contributed by atoms with Crippen LogP contribution >= 0.6 is 11.6 Å². The van der Waals surface area contributed by atoms with E-state index in [9.17, 15) is 10.1 Å². The van der Waals surface area contributed by atoms with Gasteiger partial charge in [-0.1, -0.05) is 19.3 Å². The van der Waals surface area contributed by atoms with Crippen LogP contribution in [0.1, 0.15) is 44.1 Å². The number of nitrogens with zero attached hydrogens (tertiary/aromatic N) is 1. The molecule has 114 valence electrons. The normalized spacial score (nSPS) is 27.1. The van der Waals surface area contributed by atoms with Gasteiger partial charge in [-0.25, -0.2) is 0 Å². The van der Waals surface area contributed by atoms with Gasteiger partial charge in [0.05, 0.1) is 4.92 Å². The fraction of sp³-hybridized carbons (Fsp3) is 0.625. The van der Waals surface area contributed by atoms with E-state index in [0.717, 1.165) is 25.0 Å². The molecule has 0 radical (unpaired) electrons. The van der Waals surface area contributed by atoms with Crippen LogP contribution in [0, 0.1) is 22.5 Å². The molecule has 1 aromatic carbocycles. The van der Waals surface area contributed by atoms with Crippen LogP contribution in [0.25, 0.3) is 0 Å². The molecule has 21 heavy (non-hydrogen) atoms. The lowest BCUT2D eigenvalue weighted by Gasteiger charge is -2.55. The molecule has 0 saturated heterocycles. The van der Waals surface area contributed by atoms with E-state index in [1.807, 2.05) is 0 Å². The van der Waals surface area contributed by atoms with Gasteiger partial charge in [-0.2, -0.15) is 0 Å². The van der Waals surface area contributed by atoms with Crippen LogP contribution in [0.15, 0.2) is 18.2 Å². The molecule has 2 aliphatic rings. The number of hydrogen-bond acceptors (Lipinski definition) is 3.